The third-order valence-electron chi connectivity index (χ3n) is 6.20. The van der Waals surface area contributed by atoms with Crippen LogP contribution >= 0.6 is 0 Å². The molecule has 2 aromatic carbocycles. The van der Waals surface area contributed by atoms with E-state index in [9.17, 15) is 9.18 Å². The van der Waals surface area contributed by atoms with E-state index in [4.69, 9.17) is 9.31 Å². The number of halogens is 1. The van der Waals surface area contributed by atoms with E-state index in [2.05, 4.69) is 5.32 Å². The average molecular weight is 381 g/mol. The number of carbonyl (C=O) groups excluding carboxylic acids is 1. The number of hydrogen-bond acceptors (Lipinski definition) is 3. The zero-order chi connectivity index (χ0) is 20.2. The summed E-state index contributed by atoms with van der Waals surface area (Å²) in [5.41, 5.74) is 1.38. The van der Waals surface area contributed by atoms with Crippen LogP contribution in [0.25, 0.3) is 0 Å². The van der Waals surface area contributed by atoms with Gasteiger partial charge < -0.3 is 14.6 Å². The van der Waals surface area contributed by atoms with E-state index in [1.54, 1.807) is 0 Å². The van der Waals surface area contributed by atoms with E-state index in [-0.39, 0.29) is 28.5 Å². The number of benzene rings is 2. The van der Waals surface area contributed by atoms with Gasteiger partial charge in [0, 0.05) is 5.56 Å². The van der Waals surface area contributed by atoms with Gasteiger partial charge in [-0.1, -0.05) is 24.3 Å². The Balaban J connectivity index is 1.48. The van der Waals surface area contributed by atoms with Crippen LogP contribution in [0.2, 0.25) is 0 Å². The number of nitrogens with one attached hydrogen (secondary N) is 1. The Labute approximate surface area is 165 Å². The maximum absolute atomic E-state index is 13.1. The van der Waals surface area contributed by atoms with Crippen molar-refractivity contribution in [3.8, 4) is 0 Å². The second-order valence-electron chi connectivity index (χ2n) is 8.75. The summed E-state index contributed by atoms with van der Waals surface area (Å²) in [5, 5.41) is 3.11. The van der Waals surface area contributed by atoms with Crippen molar-refractivity contribution in [2.75, 3.05) is 0 Å². The number of amides is 1. The molecule has 0 radical (unpaired) electrons. The molecule has 1 heterocycles. The van der Waals surface area contributed by atoms with Gasteiger partial charge in [0.15, 0.2) is 0 Å². The molecule has 1 saturated carbocycles. The van der Waals surface area contributed by atoms with E-state index in [1.165, 1.54) is 24.3 Å². The Morgan fingerprint density at radius 1 is 0.929 bits per heavy atom. The lowest BCUT2D eigenvalue weighted by Crippen LogP contribution is -2.41. The molecule has 4 nitrogen and oxygen atoms in total. The fraction of sp³-hybridized carbons (Fsp3) is 0.409. The molecule has 0 atom stereocenters. The van der Waals surface area contributed by atoms with Crippen LogP contribution in [-0.4, -0.2) is 24.2 Å². The summed E-state index contributed by atoms with van der Waals surface area (Å²) in [5.74, 6) is -0.538. The van der Waals surface area contributed by atoms with Crippen molar-refractivity contribution in [1.82, 2.24) is 5.32 Å². The molecular formula is C22H25BFNO3. The lowest BCUT2D eigenvalue weighted by Gasteiger charge is -2.32. The largest absolute Gasteiger partial charge is 0.494 e. The van der Waals surface area contributed by atoms with Crippen molar-refractivity contribution in [3.05, 3.63) is 65.5 Å². The second kappa shape index (κ2) is 6.43. The molecule has 0 unspecified atom stereocenters. The molecular weight excluding hydrogens is 356 g/mol. The van der Waals surface area contributed by atoms with Gasteiger partial charge in [0.2, 0.25) is 0 Å². The van der Waals surface area contributed by atoms with E-state index >= 15 is 0 Å². The molecule has 2 aliphatic rings. The van der Waals surface area contributed by atoms with Gasteiger partial charge in [-0.3, -0.25) is 4.79 Å². The highest BCUT2D eigenvalue weighted by atomic mass is 19.1. The molecule has 1 aliphatic carbocycles. The van der Waals surface area contributed by atoms with Crippen LogP contribution in [-0.2, 0) is 14.8 Å². The third kappa shape index (κ3) is 3.35. The van der Waals surface area contributed by atoms with Gasteiger partial charge in [0.05, 0.1) is 16.7 Å². The Hall–Kier alpha value is -2.18. The monoisotopic (exact) mass is 381 g/mol. The normalized spacial score (nSPS) is 21.4. The van der Waals surface area contributed by atoms with Crippen molar-refractivity contribution in [3.63, 3.8) is 0 Å². The van der Waals surface area contributed by atoms with E-state index in [0.29, 0.717) is 5.56 Å². The van der Waals surface area contributed by atoms with Gasteiger partial charge in [-0.2, -0.15) is 0 Å². The lowest BCUT2D eigenvalue weighted by atomic mass is 9.78. The van der Waals surface area contributed by atoms with Crippen LogP contribution in [0.4, 0.5) is 4.39 Å². The van der Waals surface area contributed by atoms with Gasteiger partial charge in [-0.05, 0) is 75.8 Å². The Bertz CT molecular complexity index is 873. The first kappa shape index (κ1) is 19.2. The maximum atomic E-state index is 13.1. The molecule has 1 amide bonds. The smallest absolute Gasteiger partial charge is 0.399 e. The van der Waals surface area contributed by atoms with E-state index < -0.39 is 7.12 Å². The summed E-state index contributed by atoms with van der Waals surface area (Å²) in [6, 6.07) is 13.7. The minimum Gasteiger partial charge on any atom is -0.399 e. The van der Waals surface area contributed by atoms with E-state index in [0.717, 1.165) is 23.9 Å². The van der Waals surface area contributed by atoms with E-state index in [1.807, 2.05) is 52.0 Å². The highest BCUT2D eigenvalue weighted by molar-refractivity contribution is 6.62. The Morgan fingerprint density at radius 2 is 1.46 bits per heavy atom. The molecule has 0 spiro atoms. The summed E-state index contributed by atoms with van der Waals surface area (Å²) in [6.45, 7) is 8.13. The molecule has 4 rings (SSSR count). The van der Waals surface area contributed by atoms with Gasteiger partial charge in [0.1, 0.15) is 5.82 Å². The fourth-order valence-electron chi connectivity index (χ4n) is 3.44. The molecule has 0 bridgehead atoms. The molecule has 1 saturated heterocycles. The van der Waals surface area contributed by atoms with Crippen molar-refractivity contribution < 1.29 is 18.5 Å². The zero-order valence-electron chi connectivity index (χ0n) is 16.7. The quantitative estimate of drug-likeness (QED) is 0.825. The maximum Gasteiger partial charge on any atom is 0.494 e. The van der Waals surface area contributed by atoms with Crippen LogP contribution in [0.15, 0.2) is 48.5 Å². The first-order chi connectivity index (χ1) is 13.1. The molecule has 1 aliphatic heterocycles. The molecule has 146 valence electrons. The summed E-state index contributed by atoms with van der Waals surface area (Å²) < 4.78 is 25.3. The highest BCUT2D eigenvalue weighted by Gasteiger charge is 2.52. The predicted octanol–water partition coefficient (Wildman–Crippen LogP) is 3.54. The molecule has 1 N–H and O–H groups in total. The third-order valence-corrected chi connectivity index (χ3v) is 6.20. The van der Waals surface area contributed by atoms with Crippen molar-refractivity contribution in [2.24, 2.45) is 0 Å². The van der Waals surface area contributed by atoms with Crippen LogP contribution in [0, 0.1) is 5.82 Å². The molecule has 0 aromatic heterocycles. The first-order valence-corrected chi connectivity index (χ1v) is 9.66. The summed E-state index contributed by atoms with van der Waals surface area (Å²) in [7, 11) is -0.400. The Morgan fingerprint density at radius 3 is 1.96 bits per heavy atom. The number of hydrogen-bond donors (Lipinski definition) is 1. The zero-order valence-corrected chi connectivity index (χ0v) is 16.7. The second-order valence-corrected chi connectivity index (χ2v) is 8.75. The molecule has 28 heavy (non-hydrogen) atoms. The van der Waals surface area contributed by atoms with Crippen LogP contribution in [0.1, 0.15) is 56.5 Å². The number of rotatable bonds is 4. The lowest BCUT2D eigenvalue weighted by molar-refractivity contribution is 0.00578. The van der Waals surface area contributed by atoms with Crippen molar-refractivity contribution >= 4 is 18.5 Å². The SMILES string of the molecule is CC1(C)OB(c2ccc(C3(NC(=O)c4ccc(F)cc4)CC3)cc2)OC1(C)C. The van der Waals surface area contributed by atoms with Crippen molar-refractivity contribution in [1.29, 1.82) is 0 Å². The van der Waals surface area contributed by atoms with Gasteiger partial charge >= 0.3 is 7.12 Å². The average Bonchev–Trinajstić information content (AvgIpc) is 3.37. The fourth-order valence-corrected chi connectivity index (χ4v) is 3.44. The Kier molecular flexibility index (Phi) is 4.40. The first-order valence-electron chi connectivity index (χ1n) is 9.66. The van der Waals surface area contributed by atoms with Gasteiger partial charge in [0.25, 0.3) is 5.91 Å². The highest BCUT2D eigenvalue weighted by Crippen LogP contribution is 2.45. The minimum absolute atomic E-state index is 0.187. The standard InChI is InChI=1S/C22H25BFNO3/c1-20(2)21(3,4)28-23(27-20)17-9-7-16(8-10-17)22(13-14-22)25-19(26)15-5-11-18(24)12-6-15/h5-12H,13-14H2,1-4H3,(H,25,26). The van der Waals surface area contributed by atoms with Crippen LogP contribution in [0.3, 0.4) is 0 Å². The summed E-state index contributed by atoms with van der Waals surface area (Å²) in [4.78, 5) is 12.5. The topological polar surface area (TPSA) is 47.6 Å². The molecule has 2 fully saturated rings. The summed E-state index contributed by atoms with van der Waals surface area (Å²) in [6.07, 6.45) is 1.77. The van der Waals surface area contributed by atoms with Crippen LogP contribution in [0.5, 0.6) is 0 Å². The van der Waals surface area contributed by atoms with Gasteiger partial charge in [-0.25, -0.2) is 4.39 Å². The summed E-state index contributed by atoms with van der Waals surface area (Å²) >= 11 is 0. The molecule has 6 heteroatoms. The van der Waals surface area contributed by atoms with Crippen molar-refractivity contribution in [2.45, 2.75) is 57.3 Å². The van der Waals surface area contributed by atoms with Crippen LogP contribution < -0.4 is 10.8 Å². The minimum atomic E-state index is -0.400. The van der Waals surface area contributed by atoms with Gasteiger partial charge in [-0.15, -0.1) is 0 Å². The number of carbonyl (C=O) groups is 1. The molecule has 2 aromatic rings. The predicted molar refractivity (Wildman–Crippen MR) is 107 cm³/mol.